The molecule has 0 saturated heterocycles. The number of rotatable bonds is 7. The van der Waals surface area contributed by atoms with Crippen molar-refractivity contribution in [1.82, 2.24) is 0 Å². The highest BCUT2D eigenvalue weighted by atomic mass is 79.9. The molecule has 5 nitrogen and oxygen atoms in total. The molecular weight excluding hydrogens is 470 g/mol. The third kappa shape index (κ3) is 4.70. The number of methoxy groups -OCH3 is 2. The number of anilines is 1. The highest BCUT2D eigenvalue weighted by Gasteiger charge is 2.14. The van der Waals surface area contributed by atoms with Crippen LogP contribution in [-0.2, 0) is 4.79 Å². The molecule has 1 N–H and O–H groups in total. The van der Waals surface area contributed by atoms with Crippen LogP contribution >= 0.6 is 15.9 Å². The summed E-state index contributed by atoms with van der Waals surface area (Å²) in [5, 5.41) is 5.03. The van der Waals surface area contributed by atoms with E-state index in [0.717, 1.165) is 39.1 Å². The van der Waals surface area contributed by atoms with Crippen LogP contribution in [0.15, 0.2) is 78.9 Å². The van der Waals surface area contributed by atoms with E-state index in [2.05, 4.69) is 27.3 Å². The van der Waals surface area contributed by atoms with E-state index in [-0.39, 0.29) is 11.2 Å². The number of halogens is 1. The number of fused-ring (bicyclic) bond motifs is 1. The normalized spacial score (nSPS) is 10.6. The van der Waals surface area contributed by atoms with Gasteiger partial charge in [-0.05, 0) is 71.6 Å². The highest BCUT2D eigenvalue weighted by molar-refractivity contribution is 9.09. The lowest BCUT2D eigenvalue weighted by molar-refractivity contribution is -0.113. The van der Waals surface area contributed by atoms with Gasteiger partial charge in [-0.25, -0.2) is 0 Å². The van der Waals surface area contributed by atoms with E-state index in [0.29, 0.717) is 11.4 Å². The van der Waals surface area contributed by atoms with Crippen molar-refractivity contribution in [2.45, 2.75) is 0 Å². The topological polar surface area (TPSA) is 56.8 Å². The van der Waals surface area contributed by atoms with Crippen molar-refractivity contribution in [1.29, 1.82) is 0 Å². The summed E-state index contributed by atoms with van der Waals surface area (Å²) < 4.78 is 17.1. The zero-order valence-electron chi connectivity index (χ0n) is 17.7. The van der Waals surface area contributed by atoms with Gasteiger partial charge >= 0.3 is 0 Å². The molecule has 0 aromatic heterocycles. The van der Waals surface area contributed by atoms with Crippen molar-refractivity contribution in [2.24, 2.45) is 0 Å². The number of nitrogens with one attached hydrogen (secondary N) is 1. The Morgan fingerprint density at radius 3 is 2.12 bits per heavy atom. The fraction of sp³-hybridized carbons (Fsp3) is 0.115. The predicted molar refractivity (Wildman–Crippen MR) is 131 cm³/mol. The lowest BCUT2D eigenvalue weighted by Crippen LogP contribution is -2.11. The van der Waals surface area contributed by atoms with E-state index < -0.39 is 0 Å². The zero-order chi connectivity index (χ0) is 22.5. The van der Waals surface area contributed by atoms with Crippen LogP contribution in [0.1, 0.15) is 0 Å². The molecule has 0 heterocycles. The fourth-order valence-electron chi connectivity index (χ4n) is 3.43. The summed E-state index contributed by atoms with van der Waals surface area (Å²) in [6.07, 6.45) is 0. The van der Waals surface area contributed by atoms with E-state index in [9.17, 15) is 4.79 Å². The van der Waals surface area contributed by atoms with E-state index in [1.807, 2.05) is 72.8 Å². The molecule has 4 aromatic carbocycles. The second-order valence-corrected chi connectivity index (χ2v) is 7.63. The smallest absolute Gasteiger partial charge is 0.235 e. The van der Waals surface area contributed by atoms with E-state index >= 15 is 0 Å². The molecule has 32 heavy (non-hydrogen) atoms. The summed E-state index contributed by atoms with van der Waals surface area (Å²) in [6.45, 7) is 0. The Labute approximate surface area is 195 Å². The summed E-state index contributed by atoms with van der Waals surface area (Å²) >= 11 is 3.15. The molecular formula is C26H22BrNO4. The first kappa shape index (κ1) is 21.7. The Balaban J connectivity index is 1.76. The Morgan fingerprint density at radius 1 is 0.812 bits per heavy atom. The molecule has 4 aromatic rings. The third-order valence-electron chi connectivity index (χ3n) is 5.06. The Hall–Kier alpha value is -3.51. The molecule has 0 fully saturated rings. The molecule has 1 amide bonds. The number of ether oxygens (including phenoxy) is 3. The number of hydrogen-bond acceptors (Lipinski definition) is 4. The number of benzene rings is 4. The standard InChI is InChI=1S/C26H22BrNO4/c1-30-20-8-3-17(4-9-20)23-13-5-18-15-22(31-2)12-14-24(18)26(23)32-21-10-6-19(7-11-21)28-25(29)16-27/h3-15H,16H2,1-2H3,(H,28,29). The second kappa shape index (κ2) is 9.75. The minimum absolute atomic E-state index is 0.108. The summed E-state index contributed by atoms with van der Waals surface area (Å²) in [4.78, 5) is 11.6. The summed E-state index contributed by atoms with van der Waals surface area (Å²) in [5.41, 5.74) is 2.68. The lowest BCUT2D eigenvalue weighted by atomic mass is 9.99. The first-order valence-electron chi connectivity index (χ1n) is 10.00. The number of amides is 1. The van der Waals surface area contributed by atoms with Gasteiger partial charge in [-0.3, -0.25) is 4.79 Å². The SMILES string of the molecule is COc1ccc(-c2ccc3cc(OC)ccc3c2Oc2ccc(NC(=O)CBr)cc2)cc1. The van der Waals surface area contributed by atoms with Crippen molar-refractivity contribution in [3.05, 3.63) is 78.9 Å². The largest absolute Gasteiger partial charge is 0.497 e. The van der Waals surface area contributed by atoms with Crippen molar-refractivity contribution < 1.29 is 19.0 Å². The van der Waals surface area contributed by atoms with Crippen LogP contribution in [0.4, 0.5) is 5.69 Å². The van der Waals surface area contributed by atoms with Gasteiger partial charge in [0.15, 0.2) is 0 Å². The first-order valence-corrected chi connectivity index (χ1v) is 11.1. The number of carbonyl (C=O) groups is 1. The molecule has 6 heteroatoms. The van der Waals surface area contributed by atoms with Crippen LogP contribution in [0.2, 0.25) is 0 Å². The van der Waals surface area contributed by atoms with Crippen LogP contribution < -0.4 is 19.5 Å². The van der Waals surface area contributed by atoms with Crippen LogP contribution in [-0.4, -0.2) is 25.5 Å². The summed E-state index contributed by atoms with van der Waals surface area (Å²) in [6, 6.07) is 25.2. The van der Waals surface area contributed by atoms with Crippen LogP contribution in [0, 0.1) is 0 Å². The molecule has 0 aliphatic rings. The van der Waals surface area contributed by atoms with Crippen molar-refractivity contribution >= 4 is 38.3 Å². The predicted octanol–water partition coefficient (Wildman–Crippen LogP) is 6.65. The van der Waals surface area contributed by atoms with Gasteiger partial charge in [0, 0.05) is 16.6 Å². The number of alkyl halides is 1. The Bertz CT molecular complexity index is 1240. The van der Waals surface area contributed by atoms with Crippen LogP contribution in [0.5, 0.6) is 23.0 Å². The van der Waals surface area contributed by atoms with Gasteiger partial charge < -0.3 is 19.5 Å². The minimum Gasteiger partial charge on any atom is -0.497 e. The van der Waals surface area contributed by atoms with Crippen molar-refractivity contribution in [3.63, 3.8) is 0 Å². The Kier molecular flexibility index (Phi) is 6.61. The molecule has 0 aliphatic heterocycles. The van der Waals surface area contributed by atoms with Gasteiger partial charge in [0.25, 0.3) is 0 Å². The summed E-state index contributed by atoms with van der Waals surface area (Å²) in [5.74, 6) is 2.88. The van der Waals surface area contributed by atoms with E-state index in [4.69, 9.17) is 14.2 Å². The second-order valence-electron chi connectivity index (χ2n) is 7.07. The zero-order valence-corrected chi connectivity index (χ0v) is 19.3. The molecule has 0 spiro atoms. The van der Waals surface area contributed by atoms with Gasteiger partial charge in [-0.1, -0.05) is 34.1 Å². The quantitative estimate of drug-likeness (QED) is 0.294. The molecule has 0 aliphatic carbocycles. The minimum atomic E-state index is -0.108. The molecule has 162 valence electrons. The van der Waals surface area contributed by atoms with Crippen LogP contribution in [0.3, 0.4) is 0 Å². The average molecular weight is 492 g/mol. The lowest BCUT2D eigenvalue weighted by Gasteiger charge is -2.16. The molecule has 0 bridgehead atoms. The van der Waals surface area contributed by atoms with Crippen LogP contribution in [0.25, 0.3) is 21.9 Å². The summed E-state index contributed by atoms with van der Waals surface area (Å²) in [7, 11) is 3.30. The van der Waals surface area contributed by atoms with Gasteiger partial charge in [0.05, 0.1) is 19.5 Å². The fourth-order valence-corrected chi connectivity index (χ4v) is 3.57. The maximum atomic E-state index is 11.6. The number of carbonyl (C=O) groups excluding carboxylic acids is 1. The Morgan fingerprint density at radius 2 is 1.47 bits per heavy atom. The molecule has 4 rings (SSSR count). The van der Waals surface area contributed by atoms with Gasteiger partial charge in [0.1, 0.15) is 23.0 Å². The number of hydrogen-bond donors (Lipinski definition) is 1. The molecule has 0 radical (unpaired) electrons. The third-order valence-corrected chi connectivity index (χ3v) is 5.57. The molecule has 0 saturated carbocycles. The van der Waals surface area contributed by atoms with Gasteiger partial charge in [-0.2, -0.15) is 0 Å². The maximum absolute atomic E-state index is 11.6. The van der Waals surface area contributed by atoms with Gasteiger partial charge in [0.2, 0.25) is 5.91 Å². The van der Waals surface area contributed by atoms with Crippen molar-refractivity contribution in [2.75, 3.05) is 24.9 Å². The van der Waals surface area contributed by atoms with Gasteiger partial charge in [-0.15, -0.1) is 0 Å². The molecule has 0 unspecified atom stereocenters. The first-order chi connectivity index (χ1) is 15.6. The monoisotopic (exact) mass is 491 g/mol. The molecule has 0 atom stereocenters. The average Bonchev–Trinajstić information content (AvgIpc) is 2.85. The van der Waals surface area contributed by atoms with E-state index in [1.165, 1.54) is 0 Å². The van der Waals surface area contributed by atoms with Crippen molar-refractivity contribution in [3.8, 4) is 34.1 Å². The van der Waals surface area contributed by atoms with E-state index in [1.54, 1.807) is 14.2 Å². The maximum Gasteiger partial charge on any atom is 0.235 e. The highest BCUT2D eigenvalue weighted by Crippen LogP contribution is 2.41.